The number of likely N-dealkylation sites (N-methyl/N-ethyl adjacent to an activating group) is 1. The molecule has 7 heteroatoms. The molecule has 0 atom stereocenters. The lowest BCUT2D eigenvalue weighted by Gasteiger charge is -2.35. The molecule has 0 bridgehead atoms. The number of nitrogens with one attached hydrogen (secondary N) is 1. The summed E-state index contributed by atoms with van der Waals surface area (Å²) in [6.07, 6.45) is -4.48. The minimum absolute atomic E-state index is 0.0195. The number of anilines is 2. The maximum absolute atomic E-state index is 12.9. The van der Waals surface area contributed by atoms with Gasteiger partial charge in [0.1, 0.15) is 0 Å². The summed E-state index contributed by atoms with van der Waals surface area (Å²) in [6, 6.07) is 10.2. The molecular formula is C21H24F3N3O. The summed E-state index contributed by atoms with van der Waals surface area (Å²) in [5.74, 6) is -0.557. The average Bonchev–Trinajstić information content (AvgIpc) is 2.69. The van der Waals surface area contributed by atoms with Crippen LogP contribution in [-0.2, 0) is 6.18 Å². The summed E-state index contributed by atoms with van der Waals surface area (Å²) in [5.41, 5.74) is 1.70. The van der Waals surface area contributed by atoms with E-state index in [-0.39, 0.29) is 5.56 Å². The number of hydrogen-bond donors (Lipinski definition) is 1. The first-order valence-corrected chi connectivity index (χ1v) is 9.34. The number of aryl methyl sites for hydroxylation is 1. The fourth-order valence-electron chi connectivity index (χ4n) is 3.34. The average molecular weight is 391 g/mol. The number of carbonyl (C=O) groups is 1. The van der Waals surface area contributed by atoms with E-state index in [4.69, 9.17) is 0 Å². The van der Waals surface area contributed by atoms with Crippen molar-refractivity contribution in [1.29, 1.82) is 0 Å². The van der Waals surface area contributed by atoms with Crippen LogP contribution in [-0.4, -0.2) is 43.5 Å². The molecule has 28 heavy (non-hydrogen) atoms. The zero-order valence-electron chi connectivity index (χ0n) is 16.0. The van der Waals surface area contributed by atoms with Crippen molar-refractivity contribution < 1.29 is 18.0 Å². The minimum Gasteiger partial charge on any atom is -0.369 e. The second-order valence-electron chi connectivity index (χ2n) is 6.95. The van der Waals surface area contributed by atoms with Gasteiger partial charge >= 0.3 is 6.18 Å². The highest BCUT2D eigenvalue weighted by Gasteiger charge is 2.31. The number of nitrogens with zero attached hydrogens (tertiary/aromatic N) is 2. The van der Waals surface area contributed by atoms with Gasteiger partial charge in [0.15, 0.2) is 0 Å². The van der Waals surface area contributed by atoms with Crippen LogP contribution < -0.4 is 10.2 Å². The maximum Gasteiger partial charge on any atom is 0.416 e. The molecular weight excluding hydrogens is 367 g/mol. The largest absolute Gasteiger partial charge is 0.416 e. The predicted octanol–water partition coefficient (Wildman–Crippen LogP) is 4.41. The number of hydrogen-bond acceptors (Lipinski definition) is 3. The molecule has 0 unspecified atom stereocenters. The molecule has 150 valence electrons. The van der Waals surface area contributed by atoms with Gasteiger partial charge in [0.05, 0.1) is 5.56 Å². The Labute approximate surface area is 162 Å². The van der Waals surface area contributed by atoms with Crippen molar-refractivity contribution in [3.8, 4) is 0 Å². The molecule has 2 aromatic rings. The number of alkyl halides is 3. The molecule has 0 aliphatic carbocycles. The zero-order valence-corrected chi connectivity index (χ0v) is 16.0. The van der Waals surface area contributed by atoms with E-state index in [9.17, 15) is 18.0 Å². The Kier molecular flexibility index (Phi) is 5.93. The first kappa shape index (κ1) is 20.2. The number of carbonyl (C=O) groups excluding carboxylic acids is 1. The fourth-order valence-corrected chi connectivity index (χ4v) is 3.34. The van der Waals surface area contributed by atoms with Crippen molar-refractivity contribution in [2.24, 2.45) is 0 Å². The molecule has 0 saturated carbocycles. The lowest BCUT2D eigenvalue weighted by atomic mass is 10.1. The normalized spacial score (nSPS) is 15.5. The Morgan fingerprint density at radius 2 is 1.79 bits per heavy atom. The first-order valence-electron chi connectivity index (χ1n) is 9.34. The molecule has 4 nitrogen and oxygen atoms in total. The van der Waals surface area contributed by atoms with E-state index >= 15 is 0 Å². The van der Waals surface area contributed by atoms with Crippen LogP contribution in [0.25, 0.3) is 0 Å². The highest BCUT2D eigenvalue weighted by Crippen LogP contribution is 2.30. The summed E-state index contributed by atoms with van der Waals surface area (Å²) in [5, 5.41) is 2.72. The summed E-state index contributed by atoms with van der Waals surface area (Å²) in [4.78, 5) is 17.1. The Balaban J connectivity index is 1.70. The predicted molar refractivity (Wildman–Crippen MR) is 105 cm³/mol. The van der Waals surface area contributed by atoms with Gasteiger partial charge in [-0.25, -0.2) is 0 Å². The van der Waals surface area contributed by atoms with E-state index in [1.807, 2.05) is 25.1 Å². The van der Waals surface area contributed by atoms with E-state index in [2.05, 4.69) is 22.0 Å². The first-order chi connectivity index (χ1) is 13.3. The van der Waals surface area contributed by atoms with Gasteiger partial charge in [-0.3, -0.25) is 4.79 Å². The van der Waals surface area contributed by atoms with Crippen LogP contribution in [0.2, 0.25) is 0 Å². The number of piperazine rings is 1. The smallest absolute Gasteiger partial charge is 0.369 e. The third kappa shape index (κ3) is 4.65. The van der Waals surface area contributed by atoms with Gasteiger partial charge in [-0.15, -0.1) is 0 Å². The molecule has 1 aliphatic heterocycles. The quantitative estimate of drug-likeness (QED) is 0.839. The third-order valence-corrected chi connectivity index (χ3v) is 5.09. The van der Waals surface area contributed by atoms with Gasteiger partial charge in [-0.2, -0.15) is 13.2 Å². The molecule has 0 radical (unpaired) electrons. The maximum atomic E-state index is 12.9. The Hall–Kier alpha value is -2.54. The molecule has 1 N–H and O–H groups in total. The fraction of sp³-hybridized carbons (Fsp3) is 0.381. The van der Waals surface area contributed by atoms with Crippen molar-refractivity contribution in [3.05, 3.63) is 59.2 Å². The molecule has 1 aliphatic rings. The van der Waals surface area contributed by atoms with Crippen LogP contribution in [0.15, 0.2) is 42.5 Å². The zero-order chi connectivity index (χ0) is 20.3. The molecule has 3 rings (SSSR count). The highest BCUT2D eigenvalue weighted by atomic mass is 19.4. The molecule has 0 aromatic heterocycles. The Bertz CT molecular complexity index is 843. The van der Waals surface area contributed by atoms with Gasteiger partial charge < -0.3 is 15.1 Å². The van der Waals surface area contributed by atoms with Crippen LogP contribution in [0.4, 0.5) is 24.5 Å². The van der Waals surface area contributed by atoms with Gasteiger partial charge in [0.25, 0.3) is 5.91 Å². The highest BCUT2D eigenvalue weighted by molar-refractivity contribution is 6.04. The van der Waals surface area contributed by atoms with E-state index in [1.54, 1.807) is 0 Å². The minimum atomic E-state index is -4.48. The van der Waals surface area contributed by atoms with E-state index in [0.29, 0.717) is 5.69 Å². The van der Waals surface area contributed by atoms with Crippen LogP contribution in [0, 0.1) is 6.92 Å². The molecule has 1 fully saturated rings. The van der Waals surface area contributed by atoms with E-state index in [0.717, 1.165) is 56.1 Å². The van der Waals surface area contributed by atoms with Gasteiger partial charge in [-0.05, 0) is 55.4 Å². The third-order valence-electron chi connectivity index (χ3n) is 5.09. The molecule has 2 aromatic carbocycles. The topological polar surface area (TPSA) is 35.6 Å². The SMILES string of the molecule is CCN1CCN(c2ccc(NC(=O)c3cccc(C(F)(F)F)c3)c(C)c2)CC1. The lowest BCUT2D eigenvalue weighted by molar-refractivity contribution is -0.137. The van der Waals surface area contributed by atoms with E-state index in [1.165, 1.54) is 12.1 Å². The summed E-state index contributed by atoms with van der Waals surface area (Å²) in [6.45, 7) is 9.02. The number of halogens is 3. The monoisotopic (exact) mass is 391 g/mol. The standard InChI is InChI=1S/C21H24F3N3O/c1-3-26-9-11-27(12-10-26)18-7-8-19(15(2)13-18)25-20(28)16-5-4-6-17(14-16)21(22,23)24/h4-8,13-14H,3,9-12H2,1-2H3,(H,25,28). The van der Waals surface area contributed by atoms with Gasteiger partial charge in [-0.1, -0.05) is 13.0 Å². The number of amides is 1. The summed E-state index contributed by atoms with van der Waals surface area (Å²) >= 11 is 0. The van der Waals surface area contributed by atoms with Crippen LogP contribution in [0.1, 0.15) is 28.4 Å². The second-order valence-corrected chi connectivity index (χ2v) is 6.95. The molecule has 1 saturated heterocycles. The van der Waals surface area contributed by atoms with Crippen LogP contribution in [0.3, 0.4) is 0 Å². The summed E-state index contributed by atoms with van der Waals surface area (Å²) < 4.78 is 38.6. The number of rotatable bonds is 4. The Morgan fingerprint density at radius 1 is 1.07 bits per heavy atom. The van der Waals surface area contributed by atoms with Crippen molar-refractivity contribution in [2.45, 2.75) is 20.0 Å². The number of benzene rings is 2. The van der Waals surface area contributed by atoms with Crippen LogP contribution >= 0.6 is 0 Å². The van der Waals surface area contributed by atoms with Gasteiger partial charge in [0, 0.05) is 43.1 Å². The van der Waals surface area contributed by atoms with E-state index < -0.39 is 17.6 Å². The van der Waals surface area contributed by atoms with Crippen molar-refractivity contribution in [2.75, 3.05) is 42.9 Å². The van der Waals surface area contributed by atoms with Gasteiger partial charge in [0.2, 0.25) is 0 Å². The van der Waals surface area contributed by atoms with Crippen molar-refractivity contribution in [1.82, 2.24) is 4.90 Å². The summed E-state index contributed by atoms with van der Waals surface area (Å²) in [7, 11) is 0. The van der Waals surface area contributed by atoms with Crippen molar-refractivity contribution >= 4 is 17.3 Å². The molecule has 1 amide bonds. The lowest BCUT2D eigenvalue weighted by Crippen LogP contribution is -2.46. The van der Waals surface area contributed by atoms with Crippen molar-refractivity contribution in [3.63, 3.8) is 0 Å². The molecule has 0 spiro atoms. The Morgan fingerprint density at radius 3 is 2.39 bits per heavy atom. The molecule has 1 heterocycles. The second kappa shape index (κ2) is 8.22. The van der Waals surface area contributed by atoms with Crippen LogP contribution in [0.5, 0.6) is 0 Å².